The first-order valence-electron chi connectivity index (χ1n) is 3.30. The Morgan fingerprint density at radius 1 is 1.20 bits per heavy atom. The molecule has 0 aromatic carbocycles. The smallest absolute Gasteiger partial charge is 0.318 e. The van der Waals surface area contributed by atoms with Crippen LogP contribution in [0.15, 0.2) is 0 Å². The van der Waals surface area contributed by atoms with Gasteiger partial charge in [-0.1, -0.05) is 13.8 Å². The maximum absolute atomic E-state index is 10.8. The number of fused-ring (bicyclic) bond motifs is 1. The van der Waals surface area contributed by atoms with Crippen molar-refractivity contribution in [2.45, 2.75) is 13.8 Å². The van der Waals surface area contributed by atoms with Crippen LogP contribution in [-0.2, 0) is 14.3 Å². The minimum Gasteiger partial charge on any atom is -0.393 e. The van der Waals surface area contributed by atoms with Crippen molar-refractivity contribution in [1.29, 1.82) is 0 Å². The number of esters is 2. The van der Waals surface area contributed by atoms with Gasteiger partial charge in [0.15, 0.2) is 0 Å². The van der Waals surface area contributed by atoms with E-state index in [1.807, 2.05) is 13.8 Å². The fourth-order valence-electron chi connectivity index (χ4n) is 1.74. The summed E-state index contributed by atoms with van der Waals surface area (Å²) in [5.41, 5.74) is -0.119. The lowest BCUT2D eigenvalue weighted by Gasteiger charge is -2.04. The van der Waals surface area contributed by atoms with E-state index in [0.717, 1.165) is 0 Å². The summed E-state index contributed by atoms with van der Waals surface area (Å²) in [7, 11) is 0. The maximum Gasteiger partial charge on any atom is 0.318 e. The van der Waals surface area contributed by atoms with Crippen LogP contribution in [-0.4, -0.2) is 11.9 Å². The zero-order valence-corrected chi connectivity index (χ0v) is 5.88. The Hall–Kier alpha value is -0.860. The molecule has 0 unspecified atom stereocenters. The minimum atomic E-state index is -0.333. The van der Waals surface area contributed by atoms with Gasteiger partial charge in [-0.15, -0.1) is 0 Å². The van der Waals surface area contributed by atoms with Gasteiger partial charge in [0.1, 0.15) is 0 Å². The van der Waals surface area contributed by atoms with Gasteiger partial charge >= 0.3 is 11.9 Å². The molecule has 2 aliphatic rings. The summed E-state index contributed by atoms with van der Waals surface area (Å²) < 4.78 is 4.38. The van der Waals surface area contributed by atoms with E-state index in [1.54, 1.807) is 0 Å². The molecule has 2 rings (SSSR count). The molecule has 2 fully saturated rings. The number of ether oxygens (including phenoxy) is 1. The van der Waals surface area contributed by atoms with E-state index in [9.17, 15) is 9.59 Å². The summed E-state index contributed by atoms with van der Waals surface area (Å²) >= 11 is 0. The average Bonchev–Trinajstić information content (AvgIpc) is 2.17. The van der Waals surface area contributed by atoms with Crippen molar-refractivity contribution in [1.82, 2.24) is 0 Å². The first kappa shape index (κ1) is 5.89. The van der Waals surface area contributed by atoms with Gasteiger partial charge in [0.25, 0.3) is 0 Å². The summed E-state index contributed by atoms with van der Waals surface area (Å²) in [4.78, 5) is 21.6. The van der Waals surface area contributed by atoms with Crippen molar-refractivity contribution in [3.8, 4) is 0 Å². The molecule has 0 aromatic heterocycles. The minimum absolute atomic E-state index is 0.119. The Kier molecular flexibility index (Phi) is 0.743. The summed E-state index contributed by atoms with van der Waals surface area (Å²) in [6.07, 6.45) is 0. The quantitative estimate of drug-likeness (QED) is 0.360. The maximum atomic E-state index is 10.8. The van der Waals surface area contributed by atoms with Crippen LogP contribution in [0.1, 0.15) is 13.8 Å². The fourth-order valence-corrected chi connectivity index (χ4v) is 1.74. The summed E-state index contributed by atoms with van der Waals surface area (Å²) in [5, 5.41) is 0. The molecule has 1 heterocycles. The van der Waals surface area contributed by atoms with E-state index in [4.69, 9.17) is 0 Å². The molecule has 0 bridgehead atoms. The Bertz CT molecular complexity index is 207. The lowest BCUT2D eigenvalue weighted by Crippen LogP contribution is -2.14. The van der Waals surface area contributed by atoms with Gasteiger partial charge < -0.3 is 4.74 Å². The highest BCUT2D eigenvalue weighted by molar-refractivity contribution is 6.02. The Balaban J connectivity index is 2.34. The normalized spacial score (nSPS) is 41.0. The highest BCUT2D eigenvalue weighted by Crippen LogP contribution is 2.62. The summed E-state index contributed by atoms with van der Waals surface area (Å²) in [6.45, 7) is 3.83. The van der Waals surface area contributed by atoms with Gasteiger partial charge in [0.2, 0.25) is 0 Å². The zero-order valence-electron chi connectivity index (χ0n) is 5.88. The van der Waals surface area contributed by atoms with Crippen molar-refractivity contribution in [2.75, 3.05) is 0 Å². The standard InChI is InChI=1S/C7H8O3/c1-7(2)3-4(7)6(9)10-5(3)8/h3-4H,1-2H3/t3-,4-/m1/s1. The first-order chi connectivity index (χ1) is 4.55. The van der Waals surface area contributed by atoms with E-state index in [0.29, 0.717) is 0 Å². The second kappa shape index (κ2) is 1.26. The number of rotatable bonds is 0. The fraction of sp³-hybridized carbons (Fsp3) is 0.714. The van der Waals surface area contributed by atoms with E-state index in [1.165, 1.54) is 0 Å². The number of carbonyl (C=O) groups excluding carboxylic acids is 2. The van der Waals surface area contributed by atoms with Crippen LogP contribution in [0, 0.1) is 17.3 Å². The van der Waals surface area contributed by atoms with E-state index >= 15 is 0 Å². The van der Waals surface area contributed by atoms with Crippen LogP contribution in [0.2, 0.25) is 0 Å². The SMILES string of the molecule is CC1(C)[C@H]2C(=O)OC(=O)[C@@H]21. The predicted octanol–water partition coefficient (Wildman–Crippen LogP) is 0.342. The second-order valence-corrected chi connectivity index (χ2v) is 3.52. The summed E-state index contributed by atoms with van der Waals surface area (Å²) in [5.74, 6) is -0.944. The van der Waals surface area contributed by atoms with Crippen LogP contribution in [0.25, 0.3) is 0 Å². The highest BCUT2D eigenvalue weighted by atomic mass is 16.6. The van der Waals surface area contributed by atoms with Gasteiger partial charge in [-0.3, -0.25) is 9.59 Å². The molecule has 0 spiro atoms. The Morgan fingerprint density at radius 2 is 1.60 bits per heavy atom. The van der Waals surface area contributed by atoms with Crippen LogP contribution in [0.3, 0.4) is 0 Å². The van der Waals surface area contributed by atoms with Crippen molar-refractivity contribution in [3.05, 3.63) is 0 Å². The Labute approximate surface area is 58.4 Å². The third-order valence-electron chi connectivity index (χ3n) is 2.54. The number of carbonyl (C=O) groups is 2. The zero-order chi connectivity index (χ0) is 7.52. The van der Waals surface area contributed by atoms with Gasteiger partial charge in [-0.05, 0) is 5.41 Å². The van der Waals surface area contributed by atoms with E-state index in [-0.39, 0.29) is 29.2 Å². The molecule has 2 atom stereocenters. The molecular weight excluding hydrogens is 132 g/mol. The van der Waals surface area contributed by atoms with Crippen LogP contribution >= 0.6 is 0 Å². The molecule has 1 aliphatic carbocycles. The lowest BCUT2D eigenvalue weighted by atomic mass is 10.1. The van der Waals surface area contributed by atoms with Crippen LogP contribution in [0.4, 0.5) is 0 Å². The molecule has 1 aliphatic heterocycles. The monoisotopic (exact) mass is 140 g/mol. The molecule has 0 N–H and O–H groups in total. The highest BCUT2D eigenvalue weighted by Gasteiger charge is 2.72. The third kappa shape index (κ3) is 0.426. The average molecular weight is 140 g/mol. The number of hydrogen-bond donors (Lipinski definition) is 0. The second-order valence-electron chi connectivity index (χ2n) is 3.52. The largest absolute Gasteiger partial charge is 0.393 e. The molecule has 1 saturated carbocycles. The molecule has 3 heteroatoms. The van der Waals surface area contributed by atoms with Crippen molar-refractivity contribution in [2.24, 2.45) is 17.3 Å². The van der Waals surface area contributed by atoms with E-state index in [2.05, 4.69) is 4.74 Å². The topological polar surface area (TPSA) is 43.4 Å². The molecule has 1 saturated heterocycles. The van der Waals surface area contributed by atoms with Crippen LogP contribution in [0.5, 0.6) is 0 Å². The van der Waals surface area contributed by atoms with E-state index < -0.39 is 0 Å². The molecule has 0 aromatic rings. The van der Waals surface area contributed by atoms with Gasteiger partial charge in [-0.25, -0.2) is 0 Å². The third-order valence-corrected chi connectivity index (χ3v) is 2.54. The molecule has 0 radical (unpaired) electrons. The van der Waals surface area contributed by atoms with Gasteiger partial charge in [0, 0.05) is 0 Å². The van der Waals surface area contributed by atoms with Crippen molar-refractivity contribution >= 4 is 11.9 Å². The lowest BCUT2D eigenvalue weighted by molar-refractivity contribution is -0.157. The number of hydrogen-bond acceptors (Lipinski definition) is 3. The predicted molar refractivity (Wildman–Crippen MR) is 31.9 cm³/mol. The molecule has 54 valence electrons. The van der Waals surface area contributed by atoms with Crippen molar-refractivity contribution < 1.29 is 14.3 Å². The van der Waals surface area contributed by atoms with Gasteiger partial charge in [0.05, 0.1) is 11.8 Å². The van der Waals surface area contributed by atoms with Crippen molar-refractivity contribution in [3.63, 3.8) is 0 Å². The van der Waals surface area contributed by atoms with Crippen LogP contribution < -0.4 is 0 Å². The molecule has 10 heavy (non-hydrogen) atoms. The molecular formula is C7H8O3. The molecule has 0 amide bonds. The summed E-state index contributed by atoms with van der Waals surface area (Å²) in [6, 6.07) is 0. The number of cyclic esters (lactones) is 2. The molecule has 3 nitrogen and oxygen atoms in total. The van der Waals surface area contributed by atoms with Gasteiger partial charge in [-0.2, -0.15) is 0 Å². The Morgan fingerprint density at radius 3 is 1.80 bits per heavy atom. The first-order valence-corrected chi connectivity index (χ1v) is 3.30.